The van der Waals surface area contributed by atoms with Gasteiger partial charge in [-0.15, -0.1) is 5.10 Å². The van der Waals surface area contributed by atoms with Crippen LogP contribution in [-0.4, -0.2) is 10.2 Å². The second-order valence-corrected chi connectivity index (χ2v) is 3.37. The third-order valence-corrected chi connectivity index (χ3v) is 2.12. The van der Waals surface area contributed by atoms with E-state index in [0.29, 0.717) is 11.6 Å². The maximum atomic E-state index is 13.1. The first-order valence-electron chi connectivity index (χ1n) is 4.43. The number of nitrogens with zero attached hydrogens (tertiary/aromatic N) is 2. The van der Waals surface area contributed by atoms with Crippen molar-refractivity contribution in [3.63, 3.8) is 0 Å². The fourth-order valence-corrected chi connectivity index (χ4v) is 1.20. The highest BCUT2D eigenvalue weighted by atomic mass is 35.5. The molecular formula is C9H8ClFN4O. The molecule has 7 heteroatoms. The Morgan fingerprint density at radius 3 is 2.88 bits per heavy atom. The highest BCUT2D eigenvalue weighted by Crippen LogP contribution is 2.21. The molecule has 0 amide bonds. The van der Waals surface area contributed by atoms with Crippen LogP contribution in [0.2, 0.25) is 5.02 Å². The molecule has 0 saturated carbocycles. The van der Waals surface area contributed by atoms with E-state index in [-0.39, 0.29) is 17.6 Å². The van der Waals surface area contributed by atoms with Crippen molar-refractivity contribution in [2.24, 2.45) is 5.73 Å². The minimum Gasteiger partial charge on any atom is -0.406 e. The zero-order chi connectivity index (χ0) is 11.5. The average Bonchev–Trinajstić information content (AvgIpc) is 2.71. The van der Waals surface area contributed by atoms with Crippen LogP contribution in [0.3, 0.4) is 0 Å². The predicted octanol–water partition coefficient (Wildman–Crippen LogP) is 2.06. The van der Waals surface area contributed by atoms with Crippen LogP contribution >= 0.6 is 11.6 Å². The third kappa shape index (κ3) is 2.29. The summed E-state index contributed by atoms with van der Waals surface area (Å²) in [5, 5.41) is 10.1. The highest BCUT2D eigenvalue weighted by molar-refractivity contribution is 6.30. The monoisotopic (exact) mass is 242 g/mol. The summed E-state index contributed by atoms with van der Waals surface area (Å²) in [6.07, 6.45) is 0. The molecule has 0 bridgehead atoms. The van der Waals surface area contributed by atoms with Crippen molar-refractivity contribution in [3.05, 3.63) is 34.9 Å². The highest BCUT2D eigenvalue weighted by Gasteiger charge is 2.06. The molecule has 2 rings (SSSR count). The Hall–Kier alpha value is -1.66. The molecular weight excluding hydrogens is 235 g/mol. The van der Waals surface area contributed by atoms with Gasteiger partial charge in [0, 0.05) is 5.69 Å². The summed E-state index contributed by atoms with van der Waals surface area (Å²) in [7, 11) is 0. The van der Waals surface area contributed by atoms with Crippen molar-refractivity contribution in [2.75, 3.05) is 5.32 Å². The van der Waals surface area contributed by atoms with Gasteiger partial charge in [-0.25, -0.2) is 4.39 Å². The minimum atomic E-state index is -0.523. The number of nitrogens with two attached hydrogens (primary N) is 1. The SMILES string of the molecule is NCc1nnc(Nc2ccc(Cl)c(F)c2)o1. The number of anilines is 2. The van der Waals surface area contributed by atoms with Crippen LogP contribution in [0.25, 0.3) is 0 Å². The van der Waals surface area contributed by atoms with Crippen molar-refractivity contribution < 1.29 is 8.81 Å². The smallest absolute Gasteiger partial charge is 0.320 e. The molecule has 16 heavy (non-hydrogen) atoms. The molecule has 0 aliphatic rings. The van der Waals surface area contributed by atoms with Crippen LogP contribution in [0.5, 0.6) is 0 Å². The van der Waals surface area contributed by atoms with E-state index in [1.807, 2.05) is 0 Å². The lowest BCUT2D eigenvalue weighted by atomic mass is 10.3. The lowest BCUT2D eigenvalue weighted by Gasteiger charge is -2.01. The Bertz CT molecular complexity index is 502. The number of benzene rings is 1. The summed E-state index contributed by atoms with van der Waals surface area (Å²) in [4.78, 5) is 0. The van der Waals surface area contributed by atoms with Crippen LogP contribution in [0.4, 0.5) is 16.1 Å². The summed E-state index contributed by atoms with van der Waals surface area (Å²) in [5.74, 6) is -0.220. The van der Waals surface area contributed by atoms with Crippen LogP contribution in [0.15, 0.2) is 22.6 Å². The Balaban J connectivity index is 2.17. The molecule has 3 N–H and O–H groups in total. The average molecular weight is 243 g/mol. The van der Waals surface area contributed by atoms with E-state index in [4.69, 9.17) is 21.8 Å². The first-order valence-corrected chi connectivity index (χ1v) is 4.81. The maximum absolute atomic E-state index is 13.1. The van der Waals surface area contributed by atoms with Gasteiger partial charge in [-0.2, -0.15) is 0 Å². The van der Waals surface area contributed by atoms with Gasteiger partial charge in [0.05, 0.1) is 11.6 Å². The molecule has 5 nitrogen and oxygen atoms in total. The predicted molar refractivity (Wildman–Crippen MR) is 56.9 cm³/mol. The molecule has 1 aromatic carbocycles. The summed E-state index contributed by atoms with van der Waals surface area (Å²) in [6.45, 7) is 0.156. The fraction of sp³-hybridized carbons (Fsp3) is 0.111. The largest absolute Gasteiger partial charge is 0.406 e. The summed E-state index contributed by atoms with van der Waals surface area (Å²) in [6, 6.07) is 4.41. The van der Waals surface area contributed by atoms with Crippen molar-refractivity contribution >= 4 is 23.3 Å². The van der Waals surface area contributed by atoms with Crippen molar-refractivity contribution in [1.82, 2.24) is 10.2 Å². The van der Waals surface area contributed by atoms with Crippen LogP contribution in [0, 0.1) is 5.82 Å². The van der Waals surface area contributed by atoms with Crippen molar-refractivity contribution in [2.45, 2.75) is 6.54 Å². The quantitative estimate of drug-likeness (QED) is 0.862. The number of hydrogen-bond acceptors (Lipinski definition) is 5. The van der Waals surface area contributed by atoms with Gasteiger partial charge in [-0.1, -0.05) is 16.7 Å². The van der Waals surface area contributed by atoms with E-state index in [0.717, 1.165) is 0 Å². The molecule has 0 spiro atoms. The van der Waals surface area contributed by atoms with Gasteiger partial charge in [0.2, 0.25) is 5.89 Å². The Kier molecular flexibility index (Phi) is 3.02. The van der Waals surface area contributed by atoms with E-state index < -0.39 is 5.82 Å². The normalized spacial score (nSPS) is 10.4. The topological polar surface area (TPSA) is 77.0 Å². The number of halogens is 2. The van der Waals surface area contributed by atoms with E-state index in [1.165, 1.54) is 12.1 Å². The molecule has 0 atom stereocenters. The molecule has 84 valence electrons. The Labute approximate surface area is 95.4 Å². The van der Waals surface area contributed by atoms with Gasteiger partial charge in [0.25, 0.3) is 0 Å². The first kappa shape index (κ1) is 10.8. The second kappa shape index (κ2) is 4.46. The Morgan fingerprint density at radius 1 is 1.44 bits per heavy atom. The lowest BCUT2D eigenvalue weighted by Crippen LogP contribution is -1.95. The second-order valence-electron chi connectivity index (χ2n) is 2.96. The number of hydrogen-bond donors (Lipinski definition) is 2. The van der Waals surface area contributed by atoms with E-state index >= 15 is 0 Å². The summed E-state index contributed by atoms with van der Waals surface area (Å²) < 4.78 is 18.2. The lowest BCUT2D eigenvalue weighted by molar-refractivity contribution is 0.511. The fourth-order valence-electron chi connectivity index (χ4n) is 1.08. The number of nitrogens with one attached hydrogen (secondary N) is 1. The molecule has 0 aliphatic carbocycles. The number of aromatic nitrogens is 2. The zero-order valence-corrected chi connectivity index (χ0v) is 8.83. The van der Waals surface area contributed by atoms with Gasteiger partial charge < -0.3 is 15.5 Å². The van der Waals surface area contributed by atoms with E-state index in [9.17, 15) is 4.39 Å². The molecule has 0 aliphatic heterocycles. The molecule has 2 aromatic rings. The van der Waals surface area contributed by atoms with Crippen LogP contribution < -0.4 is 11.1 Å². The van der Waals surface area contributed by atoms with E-state index in [1.54, 1.807) is 6.07 Å². The maximum Gasteiger partial charge on any atom is 0.320 e. The molecule has 0 radical (unpaired) electrons. The molecule has 0 fully saturated rings. The molecule has 0 saturated heterocycles. The van der Waals surface area contributed by atoms with Crippen LogP contribution in [-0.2, 0) is 6.54 Å². The number of rotatable bonds is 3. The standard InChI is InChI=1S/C9H8ClFN4O/c10-6-2-1-5(3-7(6)11)13-9-15-14-8(4-12)16-9/h1-3H,4,12H2,(H,13,15). The van der Waals surface area contributed by atoms with Crippen LogP contribution in [0.1, 0.15) is 5.89 Å². The molecule has 1 aromatic heterocycles. The minimum absolute atomic E-state index is 0.0544. The van der Waals surface area contributed by atoms with Crippen molar-refractivity contribution in [3.8, 4) is 0 Å². The third-order valence-electron chi connectivity index (χ3n) is 1.81. The zero-order valence-electron chi connectivity index (χ0n) is 8.08. The van der Waals surface area contributed by atoms with Crippen molar-refractivity contribution in [1.29, 1.82) is 0 Å². The first-order chi connectivity index (χ1) is 7.69. The van der Waals surface area contributed by atoms with Gasteiger partial charge in [0.1, 0.15) is 5.82 Å². The van der Waals surface area contributed by atoms with Gasteiger partial charge in [0.15, 0.2) is 0 Å². The van der Waals surface area contributed by atoms with Gasteiger partial charge in [-0.3, -0.25) is 0 Å². The Morgan fingerprint density at radius 2 is 2.25 bits per heavy atom. The van der Waals surface area contributed by atoms with Gasteiger partial charge in [-0.05, 0) is 18.2 Å². The summed E-state index contributed by atoms with van der Waals surface area (Å²) in [5.41, 5.74) is 5.77. The molecule has 1 heterocycles. The van der Waals surface area contributed by atoms with E-state index in [2.05, 4.69) is 15.5 Å². The van der Waals surface area contributed by atoms with Gasteiger partial charge >= 0.3 is 6.01 Å². The molecule has 0 unspecified atom stereocenters. The summed E-state index contributed by atoms with van der Waals surface area (Å²) >= 11 is 5.54.